The molecule has 1 aromatic carbocycles. The maximum Gasteiger partial charge on any atom is 0.241 e. The molecule has 0 saturated carbocycles. The molecule has 1 atom stereocenters. The third-order valence-corrected chi connectivity index (χ3v) is 6.11. The van der Waals surface area contributed by atoms with Gasteiger partial charge in [-0.3, -0.25) is 0 Å². The molecule has 0 saturated heterocycles. The van der Waals surface area contributed by atoms with Gasteiger partial charge in [-0.05, 0) is 49.2 Å². The van der Waals surface area contributed by atoms with Gasteiger partial charge in [-0.25, -0.2) is 13.1 Å². The Labute approximate surface area is 133 Å². The van der Waals surface area contributed by atoms with Gasteiger partial charge in [0.05, 0.1) is 21.9 Å². The summed E-state index contributed by atoms with van der Waals surface area (Å²) in [5, 5.41) is 9.24. The monoisotopic (exact) mass is 345 g/mol. The van der Waals surface area contributed by atoms with E-state index in [-0.39, 0.29) is 17.5 Å². The summed E-state index contributed by atoms with van der Waals surface area (Å²) in [6.45, 7) is 3.40. The third-order valence-electron chi connectivity index (χ3n) is 3.15. The third kappa shape index (κ3) is 3.84. The summed E-state index contributed by atoms with van der Waals surface area (Å²) in [6.07, 6.45) is 0. The Bertz CT molecular complexity index is 740. The molecule has 0 spiro atoms. The van der Waals surface area contributed by atoms with E-state index in [0.29, 0.717) is 9.90 Å². The number of hydrogen-bond acceptors (Lipinski definition) is 4. The van der Waals surface area contributed by atoms with Crippen LogP contribution in [0.2, 0.25) is 4.34 Å². The number of thiophene rings is 1. The molecule has 0 aliphatic rings. The van der Waals surface area contributed by atoms with Crippen molar-refractivity contribution in [1.29, 1.82) is 0 Å². The van der Waals surface area contributed by atoms with Gasteiger partial charge in [0, 0.05) is 4.88 Å². The summed E-state index contributed by atoms with van der Waals surface area (Å²) >= 11 is 7.20. The molecular weight excluding hydrogens is 330 g/mol. The number of aliphatic hydroxyl groups excluding tert-OH is 1. The van der Waals surface area contributed by atoms with Crippen LogP contribution in [0.3, 0.4) is 0 Å². The van der Waals surface area contributed by atoms with Crippen LogP contribution in [-0.4, -0.2) is 13.5 Å². The first kappa shape index (κ1) is 16.5. The molecule has 0 bridgehead atoms. The topological polar surface area (TPSA) is 66.4 Å². The Morgan fingerprint density at radius 3 is 2.62 bits per heavy atom. The smallest absolute Gasteiger partial charge is 0.241 e. The molecule has 114 valence electrons. The van der Waals surface area contributed by atoms with Crippen LogP contribution in [-0.2, 0) is 16.6 Å². The average molecular weight is 346 g/mol. The molecule has 7 heteroatoms. The van der Waals surface area contributed by atoms with Crippen molar-refractivity contribution in [2.75, 3.05) is 0 Å². The van der Waals surface area contributed by atoms with Crippen molar-refractivity contribution in [3.63, 3.8) is 0 Å². The van der Waals surface area contributed by atoms with Gasteiger partial charge in [0.1, 0.15) is 0 Å². The summed E-state index contributed by atoms with van der Waals surface area (Å²) in [4.78, 5) is 0.990. The number of rotatable bonds is 5. The van der Waals surface area contributed by atoms with Crippen LogP contribution >= 0.6 is 22.9 Å². The number of aryl methyl sites for hydroxylation is 1. The zero-order valence-corrected chi connectivity index (χ0v) is 14.0. The normalized spacial score (nSPS) is 13.3. The number of halogens is 1. The molecule has 2 rings (SSSR count). The van der Waals surface area contributed by atoms with Crippen molar-refractivity contribution in [3.8, 4) is 0 Å². The first-order chi connectivity index (χ1) is 9.83. The number of benzene rings is 1. The van der Waals surface area contributed by atoms with Crippen LogP contribution in [0.5, 0.6) is 0 Å². The van der Waals surface area contributed by atoms with Crippen molar-refractivity contribution in [1.82, 2.24) is 4.72 Å². The van der Waals surface area contributed by atoms with Crippen LogP contribution in [0.15, 0.2) is 35.2 Å². The van der Waals surface area contributed by atoms with Crippen molar-refractivity contribution < 1.29 is 13.5 Å². The predicted molar refractivity (Wildman–Crippen MR) is 85.2 cm³/mol. The second-order valence-electron chi connectivity index (χ2n) is 4.73. The van der Waals surface area contributed by atoms with Gasteiger partial charge in [-0.1, -0.05) is 17.7 Å². The van der Waals surface area contributed by atoms with Gasteiger partial charge < -0.3 is 5.11 Å². The molecule has 0 aliphatic heterocycles. The van der Waals surface area contributed by atoms with Gasteiger partial charge in [0.2, 0.25) is 10.0 Å². The summed E-state index contributed by atoms with van der Waals surface area (Å²) in [5.74, 6) is 0. The highest BCUT2D eigenvalue weighted by atomic mass is 35.5. The van der Waals surface area contributed by atoms with E-state index in [2.05, 4.69) is 4.72 Å². The maximum atomic E-state index is 12.4. The van der Waals surface area contributed by atoms with Gasteiger partial charge in [0.15, 0.2) is 0 Å². The molecule has 0 radical (unpaired) electrons. The minimum atomic E-state index is -3.65. The van der Waals surface area contributed by atoms with Crippen LogP contribution in [0, 0.1) is 6.92 Å². The largest absolute Gasteiger partial charge is 0.392 e. The molecule has 0 fully saturated rings. The number of aliphatic hydroxyl groups is 1. The standard InChI is InChI=1S/C14H16ClNO3S2/c1-9-3-4-12(7-11(9)8-17)21(18,19)16-10(2)13-5-6-14(15)20-13/h3-7,10,16-17H,8H2,1-2H3. The first-order valence-electron chi connectivity index (χ1n) is 6.31. The van der Waals surface area contributed by atoms with Crippen LogP contribution in [0.1, 0.15) is 29.0 Å². The average Bonchev–Trinajstić information content (AvgIpc) is 2.85. The molecule has 1 unspecified atom stereocenters. The zero-order chi connectivity index (χ0) is 15.6. The fourth-order valence-electron chi connectivity index (χ4n) is 1.91. The minimum Gasteiger partial charge on any atom is -0.392 e. The molecule has 2 N–H and O–H groups in total. The van der Waals surface area contributed by atoms with Gasteiger partial charge in [0.25, 0.3) is 0 Å². The maximum absolute atomic E-state index is 12.4. The second kappa shape index (κ2) is 6.46. The lowest BCUT2D eigenvalue weighted by atomic mass is 10.1. The van der Waals surface area contributed by atoms with E-state index < -0.39 is 10.0 Å². The van der Waals surface area contributed by atoms with Crippen molar-refractivity contribution >= 4 is 33.0 Å². The van der Waals surface area contributed by atoms with E-state index in [1.54, 1.807) is 25.1 Å². The fourth-order valence-corrected chi connectivity index (χ4v) is 4.32. The fraction of sp³-hybridized carbons (Fsp3) is 0.286. The highest BCUT2D eigenvalue weighted by molar-refractivity contribution is 7.89. The van der Waals surface area contributed by atoms with E-state index in [9.17, 15) is 13.5 Å². The zero-order valence-electron chi connectivity index (χ0n) is 11.6. The van der Waals surface area contributed by atoms with Crippen LogP contribution < -0.4 is 4.72 Å². The van der Waals surface area contributed by atoms with Gasteiger partial charge in [-0.2, -0.15) is 0 Å². The highest BCUT2D eigenvalue weighted by Gasteiger charge is 2.20. The number of nitrogens with one attached hydrogen (secondary N) is 1. The molecule has 1 heterocycles. The Morgan fingerprint density at radius 2 is 2.05 bits per heavy atom. The number of sulfonamides is 1. The summed E-state index contributed by atoms with van der Waals surface area (Å²) in [7, 11) is -3.65. The molecule has 1 aromatic heterocycles. The summed E-state index contributed by atoms with van der Waals surface area (Å²) < 4.78 is 28.0. The quantitative estimate of drug-likeness (QED) is 0.874. The Hall–Kier alpha value is -0.920. The number of hydrogen-bond donors (Lipinski definition) is 2. The Balaban J connectivity index is 2.26. The molecule has 21 heavy (non-hydrogen) atoms. The first-order valence-corrected chi connectivity index (χ1v) is 8.99. The lowest BCUT2D eigenvalue weighted by Crippen LogP contribution is -2.26. The van der Waals surface area contributed by atoms with Crippen molar-refractivity contribution in [2.24, 2.45) is 0 Å². The summed E-state index contributed by atoms with van der Waals surface area (Å²) in [5.41, 5.74) is 1.46. The Morgan fingerprint density at radius 1 is 1.33 bits per heavy atom. The molecule has 4 nitrogen and oxygen atoms in total. The van der Waals surface area contributed by atoms with E-state index in [0.717, 1.165) is 10.4 Å². The molecule has 0 amide bonds. The van der Waals surface area contributed by atoms with Gasteiger partial charge in [-0.15, -0.1) is 11.3 Å². The van der Waals surface area contributed by atoms with Crippen LogP contribution in [0.25, 0.3) is 0 Å². The van der Waals surface area contributed by atoms with Crippen molar-refractivity contribution in [2.45, 2.75) is 31.4 Å². The van der Waals surface area contributed by atoms with Crippen LogP contribution in [0.4, 0.5) is 0 Å². The van der Waals surface area contributed by atoms with Gasteiger partial charge >= 0.3 is 0 Å². The Kier molecular flexibility index (Phi) is 5.06. The highest BCUT2D eigenvalue weighted by Crippen LogP contribution is 2.28. The van der Waals surface area contributed by atoms with E-state index in [4.69, 9.17) is 11.6 Å². The van der Waals surface area contributed by atoms with Crippen molar-refractivity contribution in [3.05, 3.63) is 50.7 Å². The predicted octanol–water partition coefficient (Wildman–Crippen LogP) is 3.24. The second-order valence-corrected chi connectivity index (χ2v) is 8.19. The SMILES string of the molecule is Cc1ccc(S(=O)(=O)NC(C)c2ccc(Cl)s2)cc1CO. The molecular formula is C14H16ClNO3S2. The molecule has 0 aliphatic carbocycles. The summed E-state index contributed by atoms with van der Waals surface area (Å²) in [6, 6.07) is 7.88. The minimum absolute atomic E-state index is 0.145. The lowest BCUT2D eigenvalue weighted by molar-refractivity contribution is 0.280. The van der Waals surface area contributed by atoms with E-state index in [1.165, 1.54) is 23.5 Å². The van der Waals surface area contributed by atoms with E-state index >= 15 is 0 Å². The lowest BCUT2D eigenvalue weighted by Gasteiger charge is -2.14. The molecule has 2 aromatic rings. The van der Waals surface area contributed by atoms with E-state index in [1.807, 2.05) is 6.92 Å².